The molecule has 1 aliphatic carbocycles. The Morgan fingerprint density at radius 2 is 2.24 bits per heavy atom. The van der Waals surface area contributed by atoms with Crippen LogP contribution in [-0.4, -0.2) is 19.2 Å². The normalized spacial score (nSPS) is 26.8. The molecule has 2 atom stereocenters. The minimum absolute atomic E-state index is 0.353. The highest BCUT2D eigenvalue weighted by Gasteiger charge is 2.52. The van der Waals surface area contributed by atoms with Crippen molar-refractivity contribution >= 4 is 11.3 Å². The monoisotopic (exact) mass is 253 g/mol. The minimum atomic E-state index is 0.353. The maximum atomic E-state index is 6.12. The van der Waals surface area contributed by atoms with E-state index in [1.54, 1.807) is 11.3 Å². The molecule has 2 nitrogen and oxygen atoms in total. The standard InChI is InChI=1S/C14H23NOS/c1-4-14(5-2)12(15-3)9-13(14)16-10-11-7-6-8-17-11/h6-8,12-13,15H,4-5,9-10H2,1-3H3. The molecule has 1 aliphatic rings. The maximum Gasteiger partial charge on any atom is 0.0813 e. The molecule has 1 fully saturated rings. The van der Waals surface area contributed by atoms with E-state index >= 15 is 0 Å². The van der Waals surface area contributed by atoms with Crippen LogP contribution in [0.4, 0.5) is 0 Å². The van der Waals surface area contributed by atoms with Gasteiger partial charge in [0.05, 0.1) is 12.7 Å². The van der Waals surface area contributed by atoms with E-state index in [1.165, 1.54) is 17.7 Å². The van der Waals surface area contributed by atoms with Gasteiger partial charge in [0.15, 0.2) is 0 Å². The number of hydrogen-bond donors (Lipinski definition) is 1. The number of thiophene rings is 1. The van der Waals surface area contributed by atoms with Crippen molar-refractivity contribution < 1.29 is 4.74 Å². The molecule has 1 heterocycles. The Balaban J connectivity index is 1.93. The second-order valence-electron chi connectivity index (χ2n) is 4.90. The Kier molecular flexibility index (Phi) is 4.23. The van der Waals surface area contributed by atoms with Gasteiger partial charge in [-0.25, -0.2) is 0 Å². The molecular weight excluding hydrogens is 230 g/mol. The highest BCUT2D eigenvalue weighted by molar-refractivity contribution is 7.09. The second kappa shape index (κ2) is 5.51. The predicted molar refractivity (Wildman–Crippen MR) is 73.4 cm³/mol. The van der Waals surface area contributed by atoms with Crippen LogP contribution in [0.2, 0.25) is 0 Å². The first-order valence-corrected chi connectivity index (χ1v) is 7.46. The third-order valence-corrected chi connectivity index (χ3v) is 5.31. The molecule has 17 heavy (non-hydrogen) atoms. The molecule has 96 valence electrons. The molecule has 1 saturated carbocycles. The molecule has 2 unspecified atom stereocenters. The first-order valence-electron chi connectivity index (χ1n) is 6.58. The van der Waals surface area contributed by atoms with Gasteiger partial charge < -0.3 is 10.1 Å². The largest absolute Gasteiger partial charge is 0.372 e. The van der Waals surface area contributed by atoms with Crippen LogP contribution in [0.5, 0.6) is 0 Å². The van der Waals surface area contributed by atoms with Gasteiger partial charge in [-0.3, -0.25) is 0 Å². The quantitative estimate of drug-likeness (QED) is 0.838. The van der Waals surface area contributed by atoms with Crippen LogP contribution in [0.3, 0.4) is 0 Å². The van der Waals surface area contributed by atoms with Gasteiger partial charge in [0, 0.05) is 16.3 Å². The summed E-state index contributed by atoms with van der Waals surface area (Å²) in [4.78, 5) is 1.33. The van der Waals surface area contributed by atoms with Crippen LogP contribution >= 0.6 is 11.3 Å². The molecule has 0 radical (unpaired) electrons. The third-order valence-electron chi connectivity index (χ3n) is 4.46. The SMILES string of the molecule is CCC1(CC)C(NC)CC1OCc1cccs1. The average molecular weight is 253 g/mol. The molecule has 0 aromatic carbocycles. The summed E-state index contributed by atoms with van der Waals surface area (Å²) >= 11 is 1.78. The molecule has 1 N–H and O–H groups in total. The van der Waals surface area contributed by atoms with Crippen molar-refractivity contribution in [3.8, 4) is 0 Å². The molecule has 3 heteroatoms. The maximum absolute atomic E-state index is 6.12. The lowest BCUT2D eigenvalue weighted by Crippen LogP contribution is -2.62. The van der Waals surface area contributed by atoms with Gasteiger partial charge in [0.25, 0.3) is 0 Å². The summed E-state index contributed by atoms with van der Waals surface area (Å²) in [5, 5.41) is 5.55. The van der Waals surface area contributed by atoms with Crippen LogP contribution in [-0.2, 0) is 11.3 Å². The Morgan fingerprint density at radius 3 is 2.76 bits per heavy atom. The van der Waals surface area contributed by atoms with Gasteiger partial charge in [-0.1, -0.05) is 19.9 Å². The van der Waals surface area contributed by atoms with Crippen LogP contribution < -0.4 is 5.32 Å². The average Bonchev–Trinajstić information content (AvgIpc) is 2.83. The van der Waals surface area contributed by atoms with E-state index in [0.29, 0.717) is 17.6 Å². The van der Waals surface area contributed by atoms with E-state index in [4.69, 9.17) is 4.74 Å². The van der Waals surface area contributed by atoms with Gasteiger partial charge in [-0.2, -0.15) is 0 Å². The fourth-order valence-corrected chi connectivity index (χ4v) is 3.79. The van der Waals surface area contributed by atoms with Crippen molar-refractivity contribution in [2.45, 2.75) is 51.9 Å². The highest BCUT2D eigenvalue weighted by atomic mass is 32.1. The van der Waals surface area contributed by atoms with Crippen LogP contribution in [0, 0.1) is 5.41 Å². The summed E-state index contributed by atoms with van der Waals surface area (Å²) in [6.45, 7) is 5.35. The number of ether oxygens (including phenoxy) is 1. The Labute approximate surface area is 108 Å². The van der Waals surface area contributed by atoms with E-state index in [2.05, 4.69) is 43.7 Å². The molecule has 1 aromatic rings. The molecule has 0 aliphatic heterocycles. The fraction of sp³-hybridized carbons (Fsp3) is 0.714. The lowest BCUT2D eigenvalue weighted by atomic mass is 9.58. The van der Waals surface area contributed by atoms with E-state index in [1.807, 2.05) is 0 Å². The van der Waals surface area contributed by atoms with Gasteiger partial charge in [-0.05, 0) is 37.8 Å². The van der Waals surface area contributed by atoms with Gasteiger partial charge in [0.1, 0.15) is 0 Å². The van der Waals surface area contributed by atoms with Crippen LogP contribution in [0.25, 0.3) is 0 Å². The molecule has 1 aromatic heterocycles. The lowest BCUT2D eigenvalue weighted by Gasteiger charge is -2.55. The van der Waals surface area contributed by atoms with Gasteiger partial charge in [0.2, 0.25) is 0 Å². The first kappa shape index (κ1) is 13.1. The molecule has 0 saturated heterocycles. The molecular formula is C14H23NOS. The Bertz CT molecular complexity index is 332. The predicted octanol–water partition coefficient (Wildman–Crippen LogP) is 3.43. The van der Waals surface area contributed by atoms with Gasteiger partial charge >= 0.3 is 0 Å². The molecule has 0 spiro atoms. The smallest absolute Gasteiger partial charge is 0.0813 e. The summed E-state index contributed by atoms with van der Waals surface area (Å²) in [5.41, 5.74) is 0.353. The topological polar surface area (TPSA) is 21.3 Å². The highest BCUT2D eigenvalue weighted by Crippen LogP contribution is 2.49. The van der Waals surface area contributed by atoms with Crippen LogP contribution in [0.15, 0.2) is 17.5 Å². The zero-order valence-electron chi connectivity index (χ0n) is 11.0. The van der Waals surface area contributed by atoms with Crippen molar-refractivity contribution in [1.29, 1.82) is 0 Å². The molecule has 0 bridgehead atoms. The first-order chi connectivity index (χ1) is 8.26. The summed E-state index contributed by atoms with van der Waals surface area (Å²) in [6.07, 6.45) is 3.98. The molecule has 2 rings (SSSR count). The number of hydrogen-bond acceptors (Lipinski definition) is 3. The number of rotatable bonds is 6. The second-order valence-corrected chi connectivity index (χ2v) is 5.93. The van der Waals surface area contributed by atoms with Crippen molar-refractivity contribution in [2.24, 2.45) is 5.41 Å². The van der Waals surface area contributed by atoms with Crippen molar-refractivity contribution in [3.05, 3.63) is 22.4 Å². The summed E-state index contributed by atoms with van der Waals surface area (Å²) in [7, 11) is 2.07. The van der Waals surface area contributed by atoms with Crippen molar-refractivity contribution in [2.75, 3.05) is 7.05 Å². The van der Waals surface area contributed by atoms with Crippen molar-refractivity contribution in [1.82, 2.24) is 5.32 Å². The Morgan fingerprint density at radius 1 is 1.47 bits per heavy atom. The van der Waals surface area contributed by atoms with E-state index in [0.717, 1.165) is 13.0 Å². The minimum Gasteiger partial charge on any atom is -0.372 e. The fourth-order valence-electron chi connectivity index (χ4n) is 3.16. The summed E-state index contributed by atoms with van der Waals surface area (Å²) in [5.74, 6) is 0. The lowest BCUT2D eigenvalue weighted by molar-refractivity contribution is -0.145. The Hall–Kier alpha value is -0.380. The van der Waals surface area contributed by atoms with Gasteiger partial charge in [-0.15, -0.1) is 11.3 Å². The zero-order valence-corrected chi connectivity index (χ0v) is 11.8. The zero-order chi connectivity index (χ0) is 12.3. The third kappa shape index (κ3) is 2.28. The van der Waals surface area contributed by atoms with Crippen LogP contribution in [0.1, 0.15) is 38.0 Å². The molecule has 0 amide bonds. The summed E-state index contributed by atoms with van der Waals surface area (Å²) < 4.78 is 6.12. The van der Waals surface area contributed by atoms with E-state index < -0.39 is 0 Å². The van der Waals surface area contributed by atoms with E-state index in [9.17, 15) is 0 Å². The van der Waals surface area contributed by atoms with Crippen molar-refractivity contribution in [3.63, 3.8) is 0 Å². The number of nitrogens with one attached hydrogen (secondary N) is 1. The summed E-state index contributed by atoms with van der Waals surface area (Å²) in [6, 6.07) is 4.87. The van der Waals surface area contributed by atoms with E-state index in [-0.39, 0.29) is 0 Å².